The molecule has 0 bridgehead atoms. The summed E-state index contributed by atoms with van der Waals surface area (Å²) >= 11 is 0. The molecule has 1 N–H and O–H groups in total. The average Bonchev–Trinajstić information content (AvgIpc) is 3.06. The average molecular weight is 453 g/mol. The molecule has 6 nitrogen and oxygen atoms in total. The van der Waals surface area contributed by atoms with Crippen molar-refractivity contribution in [2.75, 3.05) is 7.11 Å². The molecule has 3 aromatic carbocycles. The number of carbonyl (C=O) groups is 1. The van der Waals surface area contributed by atoms with E-state index in [2.05, 4.69) is 0 Å². The molecule has 8 heteroatoms. The van der Waals surface area contributed by atoms with E-state index in [1.54, 1.807) is 42.5 Å². The highest BCUT2D eigenvalue weighted by molar-refractivity contribution is 7.95. The van der Waals surface area contributed by atoms with Crippen molar-refractivity contribution >= 4 is 15.7 Å². The molecule has 1 heterocycles. The number of benzene rings is 3. The number of aliphatic hydroxyl groups excluding tert-OH is 1. The lowest BCUT2D eigenvalue weighted by atomic mass is 10.1. The van der Waals surface area contributed by atoms with Gasteiger partial charge in [-0.05, 0) is 35.9 Å². The first-order chi connectivity index (χ1) is 15.3. The number of sulfone groups is 1. The Kier molecular flexibility index (Phi) is 5.71. The van der Waals surface area contributed by atoms with E-state index in [4.69, 9.17) is 4.74 Å². The van der Waals surface area contributed by atoms with Crippen LogP contribution in [0.3, 0.4) is 0 Å². The van der Waals surface area contributed by atoms with Crippen LogP contribution in [0.1, 0.15) is 17.2 Å². The van der Waals surface area contributed by atoms with Gasteiger partial charge >= 0.3 is 0 Å². The van der Waals surface area contributed by atoms with Crippen LogP contribution in [-0.4, -0.2) is 31.4 Å². The van der Waals surface area contributed by atoms with E-state index in [9.17, 15) is 22.7 Å². The third-order valence-corrected chi connectivity index (χ3v) is 7.21. The fourth-order valence-corrected chi connectivity index (χ4v) is 5.46. The minimum Gasteiger partial charge on any atom is -0.502 e. The molecule has 1 amide bonds. The van der Waals surface area contributed by atoms with Gasteiger partial charge in [-0.2, -0.15) is 0 Å². The Labute approximate surface area is 185 Å². The standard InChI is InChI=1S/C24H20FNO5S/c1-31-20-10-6-5-7-17(20)15-26-21(16-11-13-18(25)14-12-16)23(22(27)24(26)28)32(29,30)19-8-3-2-4-9-19/h2-14,21,27H,15H2,1H3. The number of para-hydroxylation sites is 1. The molecule has 1 atom stereocenters. The largest absolute Gasteiger partial charge is 0.502 e. The van der Waals surface area contributed by atoms with E-state index in [1.165, 1.54) is 48.4 Å². The number of aliphatic hydroxyl groups is 1. The van der Waals surface area contributed by atoms with Gasteiger partial charge in [-0.1, -0.05) is 48.5 Å². The summed E-state index contributed by atoms with van der Waals surface area (Å²) in [6, 6.07) is 18.6. The summed E-state index contributed by atoms with van der Waals surface area (Å²) in [5.74, 6) is -1.68. The molecule has 4 rings (SSSR count). The number of rotatable bonds is 6. The molecule has 0 saturated heterocycles. The zero-order chi connectivity index (χ0) is 22.9. The fourth-order valence-electron chi connectivity index (χ4n) is 3.79. The Balaban J connectivity index is 1.87. The van der Waals surface area contributed by atoms with E-state index in [-0.39, 0.29) is 11.4 Å². The Bertz CT molecular complexity index is 1290. The molecule has 1 aliphatic heterocycles. The normalized spacial score (nSPS) is 16.5. The van der Waals surface area contributed by atoms with Crippen molar-refractivity contribution in [3.63, 3.8) is 0 Å². The van der Waals surface area contributed by atoms with Gasteiger partial charge in [0, 0.05) is 5.56 Å². The predicted octanol–water partition coefficient (Wildman–Crippen LogP) is 4.16. The van der Waals surface area contributed by atoms with E-state index < -0.39 is 38.3 Å². The highest BCUT2D eigenvalue weighted by atomic mass is 32.2. The third kappa shape index (κ3) is 3.73. The number of methoxy groups -OCH3 is 1. The molecule has 0 saturated carbocycles. The van der Waals surface area contributed by atoms with Crippen molar-refractivity contribution in [1.29, 1.82) is 0 Å². The number of hydrogen-bond acceptors (Lipinski definition) is 5. The lowest BCUT2D eigenvalue weighted by Crippen LogP contribution is -2.31. The summed E-state index contributed by atoms with van der Waals surface area (Å²) in [4.78, 5) is 13.8. The van der Waals surface area contributed by atoms with Crippen LogP contribution in [0.15, 0.2) is 94.4 Å². The molecule has 164 valence electrons. The van der Waals surface area contributed by atoms with Crippen molar-refractivity contribution < 1.29 is 27.4 Å². The lowest BCUT2D eigenvalue weighted by Gasteiger charge is -2.27. The van der Waals surface area contributed by atoms with Crippen molar-refractivity contribution in [3.8, 4) is 5.75 Å². The van der Waals surface area contributed by atoms with Crippen LogP contribution in [0.5, 0.6) is 5.75 Å². The molecule has 1 unspecified atom stereocenters. The monoisotopic (exact) mass is 453 g/mol. The van der Waals surface area contributed by atoms with Gasteiger partial charge in [-0.15, -0.1) is 0 Å². The molecule has 0 radical (unpaired) electrons. The first-order valence-electron chi connectivity index (χ1n) is 9.76. The van der Waals surface area contributed by atoms with Crippen molar-refractivity contribution in [2.45, 2.75) is 17.5 Å². The third-order valence-electron chi connectivity index (χ3n) is 5.32. The smallest absolute Gasteiger partial charge is 0.290 e. The highest BCUT2D eigenvalue weighted by Crippen LogP contribution is 2.43. The van der Waals surface area contributed by atoms with Crippen molar-refractivity contribution in [3.05, 3.63) is 106 Å². The Morgan fingerprint density at radius 3 is 2.25 bits per heavy atom. The quantitative estimate of drug-likeness (QED) is 0.606. The van der Waals surface area contributed by atoms with Crippen LogP contribution in [0.4, 0.5) is 4.39 Å². The molecular weight excluding hydrogens is 433 g/mol. The fraction of sp³-hybridized carbons (Fsp3) is 0.125. The molecule has 0 aromatic heterocycles. The minimum absolute atomic E-state index is 0.0250. The SMILES string of the molecule is COc1ccccc1CN1C(=O)C(O)=C(S(=O)(=O)c2ccccc2)C1c1ccc(F)cc1. The second-order valence-corrected chi connectivity index (χ2v) is 9.15. The van der Waals surface area contributed by atoms with E-state index in [0.717, 1.165) is 0 Å². The molecule has 0 spiro atoms. The zero-order valence-corrected chi connectivity index (χ0v) is 17.9. The van der Waals surface area contributed by atoms with Crippen LogP contribution in [0.2, 0.25) is 0 Å². The molecule has 0 fully saturated rings. The second-order valence-electron chi connectivity index (χ2n) is 7.23. The number of hydrogen-bond donors (Lipinski definition) is 1. The van der Waals surface area contributed by atoms with E-state index in [1.807, 2.05) is 0 Å². The molecular formula is C24H20FNO5S. The molecule has 3 aromatic rings. The van der Waals surface area contributed by atoms with Gasteiger partial charge in [-0.3, -0.25) is 4.79 Å². The molecule has 0 aliphatic carbocycles. The van der Waals surface area contributed by atoms with Crippen LogP contribution < -0.4 is 4.74 Å². The number of halogens is 1. The van der Waals surface area contributed by atoms with Gasteiger partial charge in [-0.25, -0.2) is 12.8 Å². The van der Waals surface area contributed by atoms with E-state index in [0.29, 0.717) is 16.9 Å². The van der Waals surface area contributed by atoms with Gasteiger partial charge in [0.15, 0.2) is 5.76 Å². The van der Waals surface area contributed by atoms with Crippen molar-refractivity contribution in [2.24, 2.45) is 0 Å². The van der Waals surface area contributed by atoms with Crippen LogP contribution in [0, 0.1) is 5.82 Å². The predicted molar refractivity (Wildman–Crippen MR) is 116 cm³/mol. The summed E-state index contributed by atoms with van der Waals surface area (Å²) < 4.78 is 45.9. The summed E-state index contributed by atoms with van der Waals surface area (Å²) in [5.41, 5.74) is 0.981. The lowest BCUT2D eigenvalue weighted by molar-refractivity contribution is -0.130. The second kappa shape index (κ2) is 8.47. The van der Waals surface area contributed by atoms with E-state index >= 15 is 0 Å². The Morgan fingerprint density at radius 1 is 0.969 bits per heavy atom. The number of ether oxygens (including phenoxy) is 1. The summed E-state index contributed by atoms with van der Waals surface area (Å²) in [5, 5.41) is 10.7. The molecule has 32 heavy (non-hydrogen) atoms. The highest BCUT2D eigenvalue weighted by Gasteiger charge is 2.47. The van der Waals surface area contributed by atoms with Gasteiger partial charge in [0.1, 0.15) is 16.5 Å². The minimum atomic E-state index is -4.23. The molecule has 1 aliphatic rings. The van der Waals surface area contributed by atoms with Gasteiger partial charge in [0.2, 0.25) is 9.84 Å². The number of amides is 1. The summed E-state index contributed by atoms with van der Waals surface area (Å²) in [6.45, 7) is -0.0250. The van der Waals surface area contributed by atoms with Crippen LogP contribution in [-0.2, 0) is 21.2 Å². The summed E-state index contributed by atoms with van der Waals surface area (Å²) in [7, 11) is -2.74. The van der Waals surface area contributed by atoms with Gasteiger partial charge < -0.3 is 14.7 Å². The number of nitrogens with zero attached hydrogens (tertiary/aromatic N) is 1. The maximum atomic E-state index is 13.6. The van der Waals surface area contributed by atoms with Gasteiger partial charge in [0.25, 0.3) is 5.91 Å². The van der Waals surface area contributed by atoms with Crippen LogP contribution >= 0.6 is 0 Å². The maximum absolute atomic E-state index is 13.6. The Morgan fingerprint density at radius 2 is 1.59 bits per heavy atom. The topological polar surface area (TPSA) is 83.9 Å². The van der Waals surface area contributed by atoms with Gasteiger partial charge in [0.05, 0.1) is 24.6 Å². The first kappa shape index (κ1) is 21.6. The first-order valence-corrected chi connectivity index (χ1v) is 11.2. The van der Waals surface area contributed by atoms with Crippen molar-refractivity contribution in [1.82, 2.24) is 4.90 Å². The Hall–Kier alpha value is -3.65. The maximum Gasteiger partial charge on any atom is 0.290 e. The number of carbonyl (C=O) groups excluding carboxylic acids is 1. The van der Waals surface area contributed by atoms with Crippen LogP contribution in [0.25, 0.3) is 0 Å². The zero-order valence-electron chi connectivity index (χ0n) is 17.1. The summed E-state index contributed by atoms with van der Waals surface area (Å²) in [6.07, 6.45) is 0.